The highest BCUT2D eigenvalue weighted by Gasteiger charge is 2.24. The first-order valence-electron chi connectivity index (χ1n) is 7.34. The molecule has 0 fully saturated rings. The highest BCUT2D eigenvalue weighted by Crippen LogP contribution is 2.18. The molecule has 1 heterocycles. The van der Waals surface area contributed by atoms with Crippen LogP contribution in [-0.4, -0.2) is 34.0 Å². The smallest absolute Gasteiger partial charge is 0.189 e. The molecule has 1 rings (SSSR count). The largest absolute Gasteiger partial charge is 0.370 e. The number of nitrogens with two attached hydrogens (primary N) is 3. The highest BCUT2D eigenvalue weighted by atomic mass is 15.2. The van der Waals surface area contributed by atoms with E-state index in [1.165, 1.54) is 0 Å². The number of aliphatic imine (C=N–C) groups is 2. The molecule has 1 aromatic rings. The summed E-state index contributed by atoms with van der Waals surface area (Å²) >= 11 is 0. The molecular formula is C14H28N8. The molecule has 0 aliphatic carbocycles. The summed E-state index contributed by atoms with van der Waals surface area (Å²) in [5.74, 6) is 1.31. The third-order valence-corrected chi connectivity index (χ3v) is 3.00. The van der Waals surface area contributed by atoms with Crippen LogP contribution in [0.3, 0.4) is 0 Å². The fourth-order valence-electron chi connectivity index (χ4n) is 2.06. The van der Waals surface area contributed by atoms with E-state index < -0.39 is 5.54 Å². The summed E-state index contributed by atoms with van der Waals surface area (Å²) in [5.41, 5.74) is 17.2. The van der Waals surface area contributed by atoms with E-state index in [9.17, 15) is 0 Å². The maximum Gasteiger partial charge on any atom is 0.189 e. The Morgan fingerprint density at radius 1 is 1.27 bits per heavy atom. The molecule has 0 radical (unpaired) electrons. The van der Waals surface area contributed by atoms with Crippen LogP contribution in [0.2, 0.25) is 0 Å². The van der Waals surface area contributed by atoms with Crippen molar-refractivity contribution in [1.29, 1.82) is 0 Å². The van der Waals surface area contributed by atoms with Gasteiger partial charge in [-0.15, -0.1) is 0 Å². The molecule has 0 aliphatic heterocycles. The summed E-state index contributed by atoms with van der Waals surface area (Å²) in [5, 5.41) is 3.19. The molecule has 124 valence electrons. The molecule has 0 spiro atoms. The van der Waals surface area contributed by atoms with Crippen LogP contribution < -0.4 is 22.5 Å². The second-order valence-corrected chi connectivity index (χ2v) is 6.21. The van der Waals surface area contributed by atoms with Crippen LogP contribution >= 0.6 is 0 Å². The Kier molecular flexibility index (Phi) is 5.78. The summed E-state index contributed by atoms with van der Waals surface area (Å²) < 4.78 is 0. The molecule has 0 bridgehead atoms. The third kappa shape index (κ3) is 5.63. The van der Waals surface area contributed by atoms with Crippen LogP contribution in [0.1, 0.15) is 46.1 Å². The van der Waals surface area contributed by atoms with Gasteiger partial charge in [0.25, 0.3) is 0 Å². The second-order valence-electron chi connectivity index (χ2n) is 6.21. The van der Waals surface area contributed by atoms with Crippen LogP contribution in [0.5, 0.6) is 0 Å². The van der Waals surface area contributed by atoms with E-state index >= 15 is 0 Å². The normalized spacial score (nSPS) is 14.0. The lowest BCUT2D eigenvalue weighted by molar-refractivity contribution is 0.468. The van der Waals surface area contributed by atoms with Gasteiger partial charge < -0.3 is 27.5 Å². The zero-order valence-electron chi connectivity index (χ0n) is 14.0. The molecule has 8 nitrogen and oxygen atoms in total. The number of rotatable bonds is 6. The number of aromatic nitrogens is 2. The van der Waals surface area contributed by atoms with Crippen molar-refractivity contribution in [3.63, 3.8) is 0 Å². The minimum Gasteiger partial charge on any atom is -0.370 e. The lowest BCUT2D eigenvalue weighted by atomic mass is 10.0. The van der Waals surface area contributed by atoms with Gasteiger partial charge in [-0.05, 0) is 34.6 Å². The van der Waals surface area contributed by atoms with E-state index in [0.717, 1.165) is 11.5 Å². The van der Waals surface area contributed by atoms with Gasteiger partial charge >= 0.3 is 0 Å². The van der Waals surface area contributed by atoms with Gasteiger partial charge in [-0.3, -0.25) is 9.98 Å². The zero-order valence-corrected chi connectivity index (χ0v) is 14.0. The highest BCUT2D eigenvalue weighted by molar-refractivity contribution is 5.78. The van der Waals surface area contributed by atoms with Crippen molar-refractivity contribution in [1.82, 2.24) is 15.3 Å². The lowest BCUT2D eigenvalue weighted by Gasteiger charge is -2.25. The monoisotopic (exact) mass is 308 g/mol. The third-order valence-electron chi connectivity index (χ3n) is 3.00. The zero-order chi connectivity index (χ0) is 16.9. The first-order chi connectivity index (χ1) is 10.1. The molecular weight excluding hydrogens is 280 g/mol. The number of imidazole rings is 1. The van der Waals surface area contributed by atoms with E-state index in [1.807, 2.05) is 34.6 Å². The molecule has 8 heteroatoms. The maximum absolute atomic E-state index is 5.90. The Morgan fingerprint density at radius 3 is 2.45 bits per heavy atom. The van der Waals surface area contributed by atoms with E-state index in [1.54, 1.807) is 6.20 Å². The van der Waals surface area contributed by atoms with Crippen molar-refractivity contribution in [2.75, 3.05) is 0 Å². The minimum absolute atomic E-state index is 0.0346. The number of hydrogen-bond acceptors (Lipinski definition) is 3. The molecule has 0 aliphatic rings. The van der Waals surface area contributed by atoms with E-state index in [2.05, 4.69) is 25.3 Å². The Balaban J connectivity index is 2.79. The summed E-state index contributed by atoms with van der Waals surface area (Å²) in [6.07, 6.45) is 2.41. The predicted molar refractivity (Wildman–Crippen MR) is 90.5 cm³/mol. The fourth-order valence-corrected chi connectivity index (χ4v) is 2.06. The molecule has 1 unspecified atom stereocenters. The Morgan fingerprint density at radius 2 is 1.91 bits per heavy atom. The quantitative estimate of drug-likeness (QED) is 0.376. The Hall–Kier alpha value is -2.25. The number of nitrogens with zero attached hydrogens (tertiary/aromatic N) is 3. The molecule has 0 saturated heterocycles. The van der Waals surface area contributed by atoms with Crippen molar-refractivity contribution in [2.45, 2.75) is 58.7 Å². The molecule has 22 heavy (non-hydrogen) atoms. The summed E-state index contributed by atoms with van der Waals surface area (Å²) in [4.78, 5) is 16.0. The van der Waals surface area contributed by atoms with Crippen molar-refractivity contribution < 1.29 is 0 Å². The van der Waals surface area contributed by atoms with E-state index in [4.69, 9.17) is 17.2 Å². The number of nitrogens with one attached hydrogen (secondary N) is 2. The van der Waals surface area contributed by atoms with Gasteiger partial charge in [0.15, 0.2) is 11.9 Å². The summed E-state index contributed by atoms with van der Waals surface area (Å²) in [7, 11) is 0. The maximum atomic E-state index is 5.90. The first kappa shape index (κ1) is 17.8. The topological polar surface area (TPSA) is 143 Å². The van der Waals surface area contributed by atoms with Crippen molar-refractivity contribution >= 4 is 11.9 Å². The summed E-state index contributed by atoms with van der Waals surface area (Å²) in [6, 6.07) is 0.105. The van der Waals surface area contributed by atoms with Crippen LogP contribution in [0.25, 0.3) is 0 Å². The van der Waals surface area contributed by atoms with Gasteiger partial charge in [0.05, 0.1) is 23.5 Å². The van der Waals surface area contributed by atoms with Gasteiger partial charge in [0.1, 0.15) is 5.82 Å². The van der Waals surface area contributed by atoms with Gasteiger partial charge in [0.2, 0.25) is 0 Å². The molecule has 8 N–H and O–H groups in total. The Bertz CT molecular complexity index is 537. The van der Waals surface area contributed by atoms with Gasteiger partial charge in [-0.1, -0.05) is 0 Å². The number of guanidine groups is 2. The van der Waals surface area contributed by atoms with Crippen molar-refractivity contribution in [3.8, 4) is 0 Å². The van der Waals surface area contributed by atoms with E-state index in [-0.39, 0.29) is 18.0 Å². The van der Waals surface area contributed by atoms with Crippen LogP contribution in [0.4, 0.5) is 0 Å². The molecule has 0 aromatic carbocycles. The van der Waals surface area contributed by atoms with Gasteiger partial charge in [-0.2, -0.15) is 0 Å². The predicted octanol–water partition coefficient (Wildman–Crippen LogP) is 0.162. The van der Waals surface area contributed by atoms with E-state index in [0.29, 0.717) is 12.4 Å². The standard InChI is InChI=1S/C14H28N8/c1-8(2)19-13(17)22-14(4,5)10-7-18-11(21-10)6-9(3)20-12(15)16/h7-9H,6H2,1-5H3,(H,18,21)(H4,15,16,20)(H3,17,19,22). The SMILES string of the molecule is CC(C)N=C(N)NC(C)(C)c1cnc(CC(C)N=C(N)N)[nH]1. The van der Waals surface area contributed by atoms with Crippen molar-refractivity contribution in [3.05, 3.63) is 17.7 Å². The number of H-pyrrole nitrogens is 1. The average Bonchev–Trinajstić information content (AvgIpc) is 2.74. The lowest BCUT2D eigenvalue weighted by Crippen LogP contribution is -2.45. The molecule has 0 amide bonds. The molecule has 1 atom stereocenters. The van der Waals surface area contributed by atoms with Crippen LogP contribution in [0, 0.1) is 0 Å². The van der Waals surface area contributed by atoms with Gasteiger partial charge in [0, 0.05) is 12.5 Å². The van der Waals surface area contributed by atoms with Crippen LogP contribution in [0.15, 0.2) is 16.2 Å². The van der Waals surface area contributed by atoms with Gasteiger partial charge in [-0.25, -0.2) is 4.98 Å². The second kappa shape index (κ2) is 7.15. The average molecular weight is 308 g/mol. The van der Waals surface area contributed by atoms with Crippen molar-refractivity contribution in [2.24, 2.45) is 27.2 Å². The van der Waals surface area contributed by atoms with Crippen LogP contribution in [-0.2, 0) is 12.0 Å². The first-order valence-corrected chi connectivity index (χ1v) is 7.34. The Labute approximate surface area is 131 Å². The minimum atomic E-state index is -0.410. The number of aromatic amines is 1. The summed E-state index contributed by atoms with van der Waals surface area (Å²) in [6.45, 7) is 9.89. The number of hydrogen-bond donors (Lipinski definition) is 5. The molecule has 1 aromatic heterocycles. The molecule has 0 saturated carbocycles. The fraction of sp³-hybridized carbons (Fsp3) is 0.643.